The number of nitrogens with zero attached hydrogens (tertiary/aromatic N) is 3. The van der Waals surface area contributed by atoms with E-state index < -0.39 is 0 Å². The predicted octanol–water partition coefficient (Wildman–Crippen LogP) is 4.25. The number of halogens is 1. The van der Waals surface area contributed by atoms with E-state index in [2.05, 4.69) is 32.9 Å². The van der Waals surface area contributed by atoms with Crippen molar-refractivity contribution in [2.75, 3.05) is 39.3 Å². The van der Waals surface area contributed by atoms with Gasteiger partial charge < -0.3 is 4.90 Å². The summed E-state index contributed by atoms with van der Waals surface area (Å²) in [6.45, 7) is 7.80. The molecule has 0 unspecified atom stereocenters. The molecule has 1 aliphatic carbocycles. The van der Waals surface area contributed by atoms with Gasteiger partial charge in [0.2, 0.25) is 5.91 Å². The molecule has 0 N–H and O–H groups in total. The summed E-state index contributed by atoms with van der Waals surface area (Å²) in [6.07, 6.45) is 6.33. The van der Waals surface area contributed by atoms with Crippen molar-refractivity contribution in [3.05, 3.63) is 58.9 Å². The zero-order chi connectivity index (χ0) is 22.1. The molecule has 0 spiro atoms. The number of fused-ring (bicyclic) bond motifs is 1. The zero-order valence-electron chi connectivity index (χ0n) is 19.2. The monoisotopic (exact) mass is 435 g/mol. The Kier molecular flexibility index (Phi) is 6.29. The summed E-state index contributed by atoms with van der Waals surface area (Å²) in [7, 11) is 0. The standard InChI is InChI=1S/C27H34FN3O/c1-20-6-7-22(17-26(20)28)21-8-9-24-18-29(11-10-23(24)16-21)19-27(32)31-14-12-30(13-15-31)25-4-2-3-5-25/h6-9,16-17,25H,2-5,10-15,18-19H2,1H3. The SMILES string of the molecule is Cc1ccc(-c2ccc3c(c2)CCN(CC(=O)N2CCN(C4CCCC4)CC2)C3)cc1F. The molecule has 3 aliphatic rings. The highest BCUT2D eigenvalue weighted by Gasteiger charge is 2.29. The Bertz CT molecular complexity index is 977. The van der Waals surface area contributed by atoms with Gasteiger partial charge in [-0.05, 0) is 60.1 Å². The minimum Gasteiger partial charge on any atom is -0.339 e. The van der Waals surface area contributed by atoms with Crippen molar-refractivity contribution in [1.29, 1.82) is 0 Å². The Morgan fingerprint density at radius 3 is 2.41 bits per heavy atom. The number of amides is 1. The molecule has 2 aromatic carbocycles. The molecular formula is C27H34FN3O. The average molecular weight is 436 g/mol. The maximum absolute atomic E-state index is 14.0. The average Bonchev–Trinajstić information content (AvgIpc) is 3.36. The van der Waals surface area contributed by atoms with E-state index in [1.807, 2.05) is 12.1 Å². The highest BCUT2D eigenvalue weighted by Crippen LogP contribution is 2.28. The Hall–Kier alpha value is -2.24. The van der Waals surface area contributed by atoms with Crippen LogP contribution in [-0.4, -0.2) is 65.9 Å². The van der Waals surface area contributed by atoms with E-state index >= 15 is 0 Å². The van der Waals surface area contributed by atoms with Gasteiger partial charge in [0, 0.05) is 45.3 Å². The fourth-order valence-electron chi connectivity index (χ4n) is 5.60. The number of piperazine rings is 1. The summed E-state index contributed by atoms with van der Waals surface area (Å²) in [5, 5.41) is 0. The Labute approximate surface area is 191 Å². The smallest absolute Gasteiger partial charge is 0.236 e. The first-order valence-electron chi connectivity index (χ1n) is 12.2. The van der Waals surface area contributed by atoms with Crippen LogP contribution in [0.4, 0.5) is 4.39 Å². The van der Waals surface area contributed by atoms with Gasteiger partial charge in [-0.15, -0.1) is 0 Å². The summed E-state index contributed by atoms with van der Waals surface area (Å²) < 4.78 is 14.0. The third kappa shape index (κ3) is 4.60. The second kappa shape index (κ2) is 9.32. The van der Waals surface area contributed by atoms with Crippen LogP contribution in [0.3, 0.4) is 0 Å². The van der Waals surface area contributed by atoms with Gasteiger partial charge in [0.15, 0.2) is 0 Å². The van der Waals surface area contributed by atoms with Gasteiger partial charge in [0.25, 0.3) is 0 Å². The van der Waals surface area contributed by atoms with Crippen molar-refractivity contribution in [2.45, 2.75) is 51.6 Å². The van der Waals surface area contributed by atoms with Gasteiger partial charge in [-0.1, -0.05) is 43.2 Å². The van der Waals surface area contributed by atoms with Crippen LogP contribution in [-0.2, 0) is 17.8 Å². The van der Waals surface area contributed by atoms with E-state index in [-0.39, 0.29) is 11.7 Å². The minimum absolute atomic E-state index is 0.158. The lowest BCUT2D eigenvalue weighted by Crippen LogP contribution is -2.53. The highest BCUT2D eigenvalue weighted by atomic mass is 19.1. The Morgan fingerprint density at radius 2 is 1.66 bits per heavy atom. The van der Waals surface area contributed by atoms with E-state index in [1.165, 1.54) is 36.8 Å². The van der Waals surface area contributed by atoms with Crippen LogP contribution in [0.15, 0.2) is 36.4 Å². The van der Waals surface area contributed by atoms with Crippen LogP contribution < -0.4 is 0 Å². The highest BCUT2D eigenvalue weighted by molar-refractivity contribution is 5.78. The van der Waals surface area contributed by atoms with Crippen molar-refractivity contribution in [3.8, 4) is 11.1 Å². The normalized spacial score (nSPS) is 20.5. The third-order valence-electron chi connectivity index (χ3n) is 7.67. The van der Waals surface area contributed by atoms with Gasteiger partial charge in [0.05, 0.1) is 6.54 Å². The second-order valence-electron chi connectivity index (χ2n) is 9.76. The fraction of sp³-hybridized carbons (Fsp3) is 0.519. The topological polar surface area (TPSA) is 26.8 Å². The summed E-state index contributed by atoms with van der Waals surface area (Å²) in [5.41, 5.74) is 5.26. The van der Waals surface area contributed by atoms with Crippen molar-refractivity contribution in [2.24, 2.45) is 0 Å². The lowest BCUT2D eigenvalue weighted by molar-refractivity contribution is -0.134. The van der Waals surface area contributed by atoms with Gasteiger partial charge in [-0.2, -0.15) is 0 Å². The van der Waals surface area contributed by atoms with Crippen LogP contribution in [0, 0.1) is 12.7 Å². The largest absolute Gasteiger partial charge is 0.339 e. The van der Waals surface area contributed by atoms with E-state index in [4.69, 9.17) is 0 Å². The number of rotatable bonds is 4. The number of hydrogen-bond acceptors (Lipinski definition) is 3. The summed E-state index contributed by atoms with van der Waals surface area (Å²) in [5.74, 6) is 0.111. The molecular weight excluding hydrogens is 401 g/mol. The first kappa shape index (κ1) is 21.6. The molecule has 1 saturated carbocycles. The zero-order valence-corrected chi connectivity index (χ0v) is 19.2. The molecule has 2 aromatic rings. The van der Waals surface area contributed by atoms with Crippen molar-refractivity contribution in [3.63, 3.8) is 0 Å². The first-order valence-corrected chi connectivity index (χ1v) is 12.2. The molecule has 2 heterocycles. The molecule has 2 fully saturated rings. The second-order valence-corrected chi connectivity index (χ2v) is 9.76. The summed E-state index contributed by atoms with van der Waals surface area (Å²) in [4.78, 5) is 19.9. The first-order chi connectivity index (χ1) is 15.6. The maximum Gasteiger partial charge on any atom is 0.236 e. The number of hydrogen-bond donors (Lipinski definition) is 0. The minimum atomic E-state index is -0.158. The number of carbonyl (C=O) groups is 1. The lowest BCUT2D eigenvalue weighted by atomic mass is 9.94. The molecule has 32 heavy (non-hydrogen) atoms. The lowest BCUT2D eigenvalue weighted by Gasteiger charge is -2.39. The number of carbonyl (C=O) groups excluding carboxylic acids is 1. The molecule has 1 saturated heterocycles. The molecule has 170 valence electrons. The number of aryl methyl sites for hydroxylation is 1. The van der Waals surface area contributed by atoms with Gasteiger partial charge in [-0.25, -0.2) is 4.39 Å². The van der Waals surface area contributed by atoms with Gasteiger partial charge in [-0.3, -0.25) is 14.6 Å². The summed E-state index contributed by atoms with van der Waals surface area (Å²) >= 11 is 0. The molecule has 0 radical (unpaired) electrons. The molecule has 2 aliphatic heterocycles. The fourth-order valence-corrected chi connectivity index (χ4v) is 5.60. The molecule has 5 heteroatoms. The van der Waals surface area contributed by atoms with Crippen LogP contribution in [0.2, 0.25) is 0 Å². The van der Waals surface area contributed by atoms with Crippen LogP contribution in [0.5, 0.6) is 0 Å². The van der Waals surface area contributed by atoms with E-state index in [1.54, 1.807) is 13.0 Å². The van der Waals surface area contributed by atoms with Crippen molar-refractivity contribution < 1.29 is 9.18 Å². The molecule has 0 bridgehead atoms. The molecule has 0 atom stereocenters. The Balaban J connectivity index is 1.17. The van der Waals surface area contributed by atoms with Crippen LogP contribution >= 0.6 is 0 Å². The molecule has 5 rings (SSSR count). The van der Waals surface area contributed by atoms with Crippen molar-refractivity contribution >= 4 is 5.91 Å². The Morgan fingerprint density at radius 1 is 0.938 bits per heavy atom. The number of benzene rings is 2. The van der Waals surface area contributed by atoms with Crippen LogP contribution in [0.25, 0.3) is 11.1 Å². The molecule has 4 nitrogen and oxygen atoms in total. The molecule has 1 amide bonds. The molecule has 0 aromatic heterocycles. The predicted molar refractivity (Wildman–Crippen MR) is 126 cm³/mol. The van der Waals surface area contributed by atoms with E-state index in [0.717, 1.165) is 62.9 Å². The van der Waals surface area contributed by atoms with E-state index in [9.17, 15) is 9.18 Å². The maximum atomic E-state index is 14.0. The van der Waals surface area contributed by atoms with Gasteiger partial charge >= 0.3 is 0 Å². The third-order valence-corrected chi connectivity index (χ3v) is 7.67. The quantitative estimate of drug-likeness (QED) is 0.719. The van der Waals surface area contributed by atoms with Gasteiger partial charge in [0.1, 0.15) is 5.82 Å². The summed E-state index contributed by atoms with van der Waals surface area (Å²) in [6, 6.07) is 12.6. The van der Waals surface area contributed by atoms with Crippen LogP contribution in [0.1, 0.15) is 42.4 Å². The van der Waals surface area contributed by atoms with E-state index in [0.29, 0.717) is 12.1 Å². The van der Waals surface area contributed by atoms with Crippen molar-refractivity contribution in [1.82, 2.24) is 14.7 Å².